The predicted octanol–water partition coefficient (Wildman–Crippen LogP) is 2.09. The summed E-state index contributed by atoms with van der Waals surface area (Å²) in [4.78, 5) is 23.7. The van der Waals surface area contributed by atoms with E-state index in [0.717, 1.165) is 6.42 Å². The molecule has 0 aliphatic heterocycles. The van der Waals surface area contributed by atoms with Crippen LogP contribution >= 0.6 is 0 Å². The number of hydrogen-bond acceptors (Lipinski definition) is 2. The van der Waals surface area contributed by atoms with E-state index >= 15 is 0 Å². The van der Waals surface area contributed by atoms with E-state index in [1.807, 2.05) is 12.1 Å². The second kappa shape index (κ2) is 9.51. The summed E-state index contributed by atoms with van der Waals surface area (Å²) in [6.45, 7) is 8.11. The van der Waals surface area contributed by atoms with Crippen molar-refractivity contribution in [3.63, 3.8) is 0 Å². The SMILES string of the molecule is CC(=O)NCC(=O)NC(CC(C)C)[Si](C)(c1ccccc1)c1ccccc1. The Hall–Kier alpha value is -2.40. The second-order valence-corrected chi connectivity index (χ2v) is 11.9. The van der Waals surface area contributed by atoms with E-state index in [-0.39, 0.29) is 24.0 Å². The lowest BCUT2D eigenvalue weighted by molar-refractivity contribution is -0.125. The Labute approximate surface area is 163 Å². The molecule has 0 saturated carbocycles. The van der Waals surface area contributed by atoms with E-state index in [2.05, 4.69) is 79.6 Å². The molecule has 2 aromatic rings. The minimum Gasteiger partial charge on any atom is -0.354 e. The van der Waals surface area contributed by atoms with Gasteiger partial charge in [0.1, 0.15) is 8.07 Å². The smallest absolute Gasteiger partial charge is 0.239 e. The Balaban J connectivity index is 2.44. The van der Waals surface area contributed by atoms with E-state index in [1.165, 1.54) is 17.3 Å². The van der Waals surface area contributed by atoms with Crippen LogP contribution in [-0.4, -0.2) is 32.1 Å². The third-order valence-electron chi connectivity index (χ3n) is 4.98. The fourth-order valence-electron chi connectivity index (χ4n) is 3.50. The van der Waals surface area contributed by atoms with Crippen molar-refractivity contribution in [2.24, 2.45) is 5.92 Å². The van der Waals surface area contributed by atoms with Gasteiger partial charge in [0.25, 0.3) is 0 Å². The normalized spacial score (nSPS) is 12.5. The van der Waals surface area contributed by atoms with E-state index in [0.29, 0.717) is 5.92 Å². The molecule has 2 aromatic carbocycles. The molecule has 4 nitrogen and oxygen atoms in total. The van der Waals surface area contributed by atoms with Crippen molar-refractivity contribution in [3.8, 4) is 0 Å². The third kappa shape index (κ3) is 5.53. The van der Waals surface area contributed by atoms with Crippen molar-refractivity contribution in [1.82, 2.24) is 10.6 Å². The molecule has 5 heteroatoms. The number of rotatable bonds is 8. The van der Waals surface area contributed by atoms with Crippen LogP contribution in [-0.2, 0) is 9.59 Å². The van der Waals surface area contributed by atoms with Crippen molar-refractivity contribution in [1.29, 1.82) is 0 Å². The molecule has 0 saturated heterocycles. The van der Waals surface area contributed by atoms with Crippen molar-refractivity contribution in [2.75, 3.05) is 6.54 Å². The molecule has 1 unspecified atom stereocenters. The van der Waals surface area contributed by atoms with Gasteiger partial charge in [-0.2, -0.15) is 0 Å². The highest BCUT2D eigenvalue weighted by Crippen LogP contribution is 2.18. The maximum atomic E-state index is 12.5. The number of carbonyl (C=O) groups is 2. The number of nitrogens with one attached hydrogen (secondary N) is 2. The molecule has 0 bridgehead atoms. The van der Waals surface area contributed by atoms with Gasteiger partial charge in [-0.05, 0) is 12.3 Å². The number of hydrogen-bond donors (Lipinski definition) is 2. The van der Waals surface area contributed by atoms with Gasteiger partial charge in [-0.1, -0.05) is 91.4 Å². The molecule has 2 N–H and O–H groups in total. The van der Waals surface area contributed by atoms with Gasteiger partial charge in [0.05, 0.1) is 6.54 Å². The van der Waals surface area contributed by atoms with Gasteiger partial charge >= 0.3 is 0 Å². The maximum absolute atomic E-state index is 12.5. The Morgan fingerprint density at radius 2 is 1.41 bits per heavy atom. The highest BCUT2D eigenvalue weighted by molar-refractivity contribution is 7.02. The minimum atomic E-state index is -2.26. The van der Waals surface area contributed by atoms with Gasteiger partial charge < -0.3 is 10.6 Å². The number of benzene rings is 2. The van der Waals surface area contributed by atoms with Crippen LogP contribution in [0.2, 0.25) is 6.55 Å². The summed E-state index contributed by atoms with van der Waals surface area (Å²) in [5.74, 6) is 0.105. The van der Waals surface area contributed by atoms with Crippen LogP contribution in [0, 0.1) is 5.92 Å². The molecule has 0 aliphatic carbocycles. The van der Waals surface area contributed by atoms with Crippen LogP contribution in [0.25, 0.3) is 0 Å². The van der Waals surface area contributed by atoms with Crippen LogP contribution < -0.4 is 21.0 Å². The predicted molar refractivity (Wildman–Crippen MR) is 114 cm³/mol. The van der Waals surface area contributed by atoms with Crippen LogP contribution in [0.1, 0.15) is 27.2 Å². The first-order valence-corrected chi connectivity index (χ1v) is 12.1. The van der Waals surface area contributed by atoms with Crippen LogP contribution in [0.3, 0.4) is 0 Å². The Kier molecular flexibility index (Phi) is 7.36. The zero-order chi connectivity index (χ0) is 19.9. The molecule has 0 radical (unpaired) electrons. The summed E-state index contributed by atoms with van der Waals surface area (Å²) >= 11 is 0. The largest absolute Gasteiger partial charge is 0.354 e. The van der Waals surface area contributed by atoms with Gasteiger partial charge in [-0.25, -0.2) is 0 Å². The van der Waals surface area contributed by atoms with Crippen LogP contribution in [0.5, 0.6) is 0 Å². The highest BCUT2D eigenvalue weighted by Gasteiger charge is 2.41. The van der Waals surface area contributed by atoms with Gasteiger partial charge in [0, 0.05) is 12.6 Å². The van der Waals surface area contributed by atoms with Crippen LogP contribution in [0.4, 0.5) is 0 Å². The molecular weight excluding hydrogens is 352 g/mol. The Morgan fingerprint density at radius 3 is 1.81 bits per heavy atom. The van der Waals surface area contributed by atoms with Gasteiger partial charge in [0.2, 0.25) is 11.8 Å². The van der Waals surface area contributed by atoms with Gasteiger partial charge in [-0.15, -0.1) is 0 Å². The summed E-state index contributed by atoms with van der Waals surface area (Å²) in [7, 11) is -2.26. The monoisotopic (exact) mass is 382 g/mol. The quantitative estimate of drug-likeness (QED) is 0.687. The van der Waals surface area contributed by atoms with E-state index in [9.17, 15) is 9.59 Å². The Bertz CT molecular complexity index is 708. The first kappa shape index (κ1) is 20.9. The molecule has 27 heavy (non-hydrogen) atoms. The first-order chi connectivity index (χ1) is 12.8. The van der Waals surface area contributed by atoms with Crippen molar-refractivity contribution in [2.45, 2.75) is 39.4 Å². The Morgan fingerprint density at radius 1 is 0.926 bits per heavy atom. The van der Waals surface area contributed by atoms with E-state index in [1.54, 1.807) is 0 Å². The van der Waals surface area contributed by atoms with Crippen LogP contribution in [0.15, 0.2) is 60.7 Å². The first-order valence-electron chi connectivity index (χ1n) is 9.49. The highest BCUT2D eigenvalue weighted by atomic mass is 28.3. The summed E-state index contributed by atoms with van der Waals surface area (Å²) in [6.07, 6.45) is 0.887. The summed E-state index contributed by atoms with van der Waals surface area (Å²) in [5, 5.41) is 8.44. The maximum Gasteiger partial charge on any atom is 0.239 e. The molecule has 2 rings (SSSR count). The fraction of sp³-hybridized carbons (Fsp3) is 0.364. The van der Waals surface area contributed by atoms with E-state index in [4.69, 9.17) is 0 Å². The lowest BCUT2D eigenvalue weighted by Crippen LogP contribution is -2.69. The molecule has 144 valence electrons. The zero-order valence-electron chi connectivity index (χ0n) is 16.7. The van der Waals surface area contributed by atoms with Crippen molar-refractivity contribution < 1.29 is 9.59 Å². The molecule has 0 aliphatic rings. The average molecular weight is 383 g/mol. The number of carbonyl (C=O) groups excluding carboxylic acids is 2. The fourth-order valence-corrected chi connectivity index (χ4v) is 7.80. The van der Waals surface area contributed by atoms with Crippen molar-refractivity contribution in [3.05, 3.63) is 60.7 Å². The van der Waals surface area contributed by atoms with Crippen molar-refractivity contribution >= 4 is 30.3 Å². The summed E-state index contributed by atoms with van der Waals surface area (Å²) in [6, 6.07) is 21.0. The molecule has 0 aromatic heterocycles. The third-order valence-corrected chi connectivity index (χ3v) is 9.82. The molecule has 1 atom stereocenters. The molecule has 0 fully saturated rings. The average Bonchev–Trinajstić information content (AvgIpc) is 2.66. The number of amides is 2. The molecular formula is C22H30N2O2Si. The molecule has 0 spiro atoms. The summed E-state index contributed by atoms with van der Waals surface area (Å²) < 4.78 is 0. The zero-order valence-corrected chi connectivity index (χ0v) is 17.7. The van der Waals surface area contributed by atoms with E-state index < -0.39 is 8.07 Å². The molecule has 0 heterocycles. The lowest BCUT2D eigenvalue weighted by atomic mass is 10.1. The molecule has 2 amide bonds. The van der Waals surface area contributed by atoms with Gasteiger partial charge in [-0.3, -0.25) is 9.59 Å². The standard InChI is InChI=1S/C22H30N2O2Si/c1-17(2)15-22(24-21(26)16-23-18(3)25)27(4,19-11-7-5-8-12-19)20-13-9-6-10-14-20/h5-14,17,22H,15-16H2,1-4H3,(H,23,25)(H,24,26). The topological polar surface area (TPSA) is 58.2 Å². The van der Waals surface area contributed by atoms with Gasteiger partial charge in [0.15, 0.2) is 0 Å². The minimum absolute atomic E-state index is 0.0119. The second-order valence-electron chi connectivity index (χ2n) is 7.59. The summed E-state index contributed by atoms with van der Waals surface area (Å²) in [5.41, 5.74) is 0.0311. The lowest BCUT2D eigenvalue weighted by Gasteiger charge is -2.38.